The van der Waals surface area contributed by atoms with E-state index >= 15 is 0 Å². The largest absolute Gasteiger partial charge is 0.330 e. The molecular weight excluding hydrogens is 150 g/mol. The fraction of sp³-hybridized carbons (Fsp3) is 0.300. The van der Waals surface area contributed by atoms with E-state index < -0.39 is 0 Å². The van der Waals surface area contributed by atoms with Crippen LogP contribution in [0.25, 0.3) is 0 Å². The van der Waals surface area contributed by atoms with Crippen molar-refractivity contribution in [2.75, 3.05) is 0 Å². The van der Waals surface area contributed by atoms with Crippen LogP contribution in [0.1, 0.15) is 21.7 Å². The van der Waals surface area contributed by atoms with Gasteiger partial charge in [0.25, 0.3) is 0 Å². The van der Waals surface area contributed by atoms with Gasteiger partial charge >= 0.3 is 0 Å². The zero-order valence-electron chi connectivity index (χ0n) is 7.42. The van der Waals surface area contributed by atoms with Crippen LogP contribution < -0.4 is 5.32 Å². The van der Waals surface area contributed by atoms with Gasteiger partial charge in [0.1, 0.15) is 0 Å². The van der Waals surface area contributed by atoms with Gasteiger partial charge in [-0.25, -0.2) is 0 Å². The molecule has 1 rings (SSSR count). The lowest BCUT2D eigenvalue weighted by molar-refractivity contribution is -0.118. The summed E-state index contributed by atoms with van der Waals surface area (Å²) >= 11 is 0. The summed E-state index contributed by atoms with van der Waals surface area (Å²) in [4.78, 5) is 10.7. The maximum Gasteiger partial charge on any atom is 0.221 e. The summed E-state index contributed by atoms with van der Waals surface area (Å²) in [5.41, 5.74) is 2.16. The van der Waals surface area contributed by atoms with Crippen molar-refractivity contribution in [1.82, 2.24) is 5.32 Å². The van der Waals surface area contributed by atoms with E-state index in [2.05, 4.69) is 5.32 Å². The first-order valence-electron chi connectivity index (χ1n) is 4.00. The number of hydrogen-bond acceptors (Lipinski definition) is 1. The third-order valence-corrected chi connectivity index (χ3v) is 1.60. The molecule has 2 heteroatoms. The Morgan fingerprint density at radius 3 is 3.00 bits per heavy atom. The van der Waals surface area contributed by atoms with Crippen LogP contribution >= 0.6 is 0 Å². The van der Waals surface area contributed by atoms with Crippen LogP contribution in [0.3, 0.4) is 0 Å². The molecule has 1 aliphatic rings. The van der Waals surface area contributed by atoms with Crippen molar-refractivity contribution in [2.24, 2.45) is 0 Å². The number of rotatable bonds is 1. The van der Waals surface area contributed by atoms with Gasteiger partial charge in [0, 0.05) is 20.5 Å². The van der Waals surface area contributed by atoms with Gasteiger partial charge in [-0.2, -0.15) is 0 Å². The molecule has 1 N–H and O–H groups in total. The molecule has 12 heavy (non-hydrogen) atoms. The molecule has 0 radical (unpaired) electrons. The predicted octanol–water partition coefficient (Wildman–Crippen LogP) is 2.16. The molecule has 1 aliphatic carbocycles. The van der Waals surface area contributed by atoms with Gasteiger partial charge in [-0.15, -0.1) is 0 Å². The van der Waals surface area contributed by atoms with Crippen molar-refractivity contribution in [3.05, 3.63) is 35.6 Å². The SMILES string of the molecule is CC(=O)NC1=CC=C(C)C=CC1.[HH]. The molecule has 2 nitrogen and oxygen atoms in total. The second-order valence-electron chi connectivity index (χ2n) is 2.89. The lowest BCUT2D eigenvalue weighted by atomic mass is 10.3. The maximum absolute atomic E-state index is 10.7. The molecule has 0 heterocycles. The summed E-state index contributed by atoms with van der Waals surface area (Å²) < 4.78 is 0. The summed E-state index contributed by atoms with van der Waals surface area (Å²) in [6, 6.07) is 0. The molecule has 0 aliphatic heterocycles. The molecule has 0 saturated heterocycles. The molecule has 0 spiro atoms. The second kappa shape index (κ2) is 3.90. The minimum absolute atomic E-state index is 0. The number of amides is 1. The first kappa shape index (κ1) is 8.78. The van der Waals surface area contributed by atoms with E-state index in [0.29, 0.717) is 0 Å². The summed E-state index contributed by atoms with van der Waals surface area (Å²) in [5.74, 6) is -0.0115. The third kappa shape index (κ3) is 2.74. The van der Waals surface area contributed by atoms with Crippen LogP contribution in [-0.4, -0.2) is 5.91 Å². The second-order valence-corrected chi connectivity index (χ2v) is 2.89. The Balaban J connectivity index is 0.00000144. The van der Waals surface area contributed by atoms with E-state index in [1.807, 2.05) is 31.2 Å². The summed E-state index contributed by atoms with van der Waals surface area (Å²) in [6.07, 6.45) is 8.82. The van der Waals surface area contributed by atoms with Gasteiger partial charge in [-0.1, -0.05) is 23.8 Å². The third-order valence-electron chi connectivity index (χ3n) is 1.60. The van der Waals surface area contributed by atoms with Crippen molar-refractivity contribution < 1.29 is 6.22 Å². The molecule has 66 valence electrons. The molecular formula is C10H15NO. The highest BCUT2D eigenvalue weighted by Crippen LogP contribution is 2.07. The maximum atomic E-state index is 10.7. The Kier molecular flexibility index (Phi) is 2.86. The average Bonchev–Trinajstić information content (AvgIpc) is 2.15. The van der Waals surface area contributed by atoms with Crippen LogP contribution in [0.5, 0.6) is 0 Å². The highest BCUT2D eigenvalue weighted by molar-refractivity contribution is 5.75. The minimum atomic E-state index is -0.0115. The molecule has 0 aromatic rings. The van der Waals surface area contributed by atoms with Crippen molar-refractivity contribution >= 4 is 5.91 Å². The highest BCUT2D eigenvalue weighted by Gasteiger charge is 1.98. The number of hydrogen-bond donors (Lipinski definition) is 1. The first-order chi connectivity index (χ1) is 5.68. The number of nitrogens with one attached hydrogen (secondary N) is 1. The lowest BCUT2D eigenvalue weighted by Gasteiger charge is -2.02. The van der Waals surface area contributed by atoms with E-state index in [1.165, 1.54) is 12.5 Å². The van der Waals surface area contributed by atoms with Crippen molar-refractivity contribution in [1.29, 1.82) is 0 Å². The Morgan fingerprint density at radius 1 is 1.58 bits per heavy atom. The van der Waals surface area contributed by atoms with Crippen LogP contribution in [0, 0.1) is 0 Å². The highest BCUT2D eigenvalue weighted by atomic mass is 16.1. The zero-order valence-corrected chi connectivity index (χ0v) is 7.42. The normalized spacial score (nSPS) is 16.2. The topological polar surface area (TPSA) is 29.1 Å². The summed E-state index contributed by atoms with van der Waals surface area (Å²) in [7, 11) is 0. The molecule has 0 aromatic heterocycles. The number of allylic oxidation sites excluding steroid dienone is 5. The predicted molar refractivity (Wildman–Crippen MR) is 51.5 cm³/mol. The molecule has 1 amide bonds. The molecule has 0 fully saturated rings. The van der Waals surface area contributed by atoms with E-state index in [4.69, 9.17) is 0 Å². The molecule has 0 unspecified atom stereocenters. The number of carbonyl (C=O) groups is 1. The average molecular weight is 165 g/mol. The van der Waals surface area contributed by atoms with Gasteiger partial charge in [0.05, 0.1) is 0 Å². The summed E-state index contributed by atoms with van der Waals surface area (Å²) in [5, 5.41) is 2.77. The van der Waals surface area contributed by atoms with Gasteiger partial charge < -0.3 is 5.32 Å². The fourth-order valence-electron chi connectivity index (χ4n) is 1.05. The van der Waals surface area contributed by atoms with Crippen LogP contribution in [-0.2, 0) is 4.79 Å². The minimum Gasteiger partial charge on any atom is -0.330 e. The van der Waals surface area contributed by atoms with Crippen molar-refractivity contribution in [3.8, 4) is 0 Å². The quantitative estimate of drug-likeness (QED) is 0.633. The molecule has 0 aromatic carbocycles. The Labute approximate surface area is 74.1 Å². The summed E-state index contributed by atoms with van der Waals surface area (Å²) in [6.45, 7) is 3.55. The standard InChI is InChI=1S/C10H13NO.H2/c1-8-4-3-5-10(7-6-8)11-9(2)12;/h3-4,6-7H,5H2,1-2H3,(H,11,12);1H. The Morgan fingerprint density at radius 2 is 2.33 bits per heavy atom. The van der Waals surface area contributed by atoms with Crippen LogP contribution in [0.4, 0.5) is 0 Å². The monoisotopic (exact) mass is 165 g/mol. The van der Waals surface area contributed by atoms with Gasteiger partial charge in [-0.3, -0.25) is 4.79 Å². The lowest BCUT2D eigenvalue weighted by Crippen LogP contribution is -2.18. The van der Waals surface area contributed by atoms with Crippen molar-refractivity contribution in [2.45, 2.75) is 20.3 Å². The van der Waals surface area contributed by atoms with Crippen LogP contribution in [0.15, 0.2) is 35.6 Å². The van der Waals surface area contributed by atoms with E-state index in [9.17, 15) is 4.79 Å². The zero-order chi connectivity index (χ0) is 8.97. The van der Waals surface area contributed by atoms with Gasteiger partial charge in [0.2, 0.25) is 5.91 Å². The smallest absolute Gasteiger partial charge is 0.221 e. The number of carbonyl (C=O) groups excluding carboxylic acids is 1. The molecule has 0 bridgehead atoms. The van der Waals surface area contributed by atoms with E-state index in [1.54, 1.807) is 0 Å². The van der Waals surface area contributed by atoms with Gasteiger partial charge in [-0.05, 0) is 13.0 Å². The Bertz CT molecular complexity index is 277. The first-order valence-corrected chi connectivity index (χ1v) is 4.00. The Hall–Kier alpha value is -1.31. The fourth-order valence-corrected chi connectivity index (χ4v) is 1.05. The molecule has 0 atom stereocenters. The van der Waals surface area contributed by atoms with E-state index in [-0.39, 0.29) is 7.33 Å². The van der Waals surface area contributed by atoms with Crippen LogP contribution in [0.2, 0.25) is 0 Å². The molecule has 0 saturated carbocycles. The van der Waals surface area contributed by atoms with Crippen molar-refractivity contribution in [3.63, 3.8) is 0 Å². The van der Waals surface area contributed by atoms with E-state index in [0.717, 1.165) is 12.1 Å². The van der Waals surface area contributed by atoms with Gasteiger partial charge in [0.15, 0.2) is 0 Å².